The van der Waals surface area contributed by atoms with Gasteiger partial charge in [0.25, 0.3) is 0 Å². The second kappa shape index (κ2) is 7.93. The molecule has 1 atom stereocenters. The highest BCUT2D eigenvalue weighted by atomic mass is 19.4. The van der Waals surface area contributed by atoms with Crippen LogP contribution in [0.25, 0.3) is 0 Å². The van der Waals surface area contributed by atoms with Gasteiger partial charge in [-0.05, 0) is 57.1 Å². The summed E-state index contributed by atoms with van der Waals surface area (Å²) < 4.78 is 47.1. The van der Waals surface area contributed by atoms with Crippen LogP contribution in [0, 0.1) is 0 Å². The van der Waals surface area contributed by atoms with E-state index < -0.39 is 23.6 Å². The molecule has 2 aliphatic carbocycles. The summed E-state index contributed by atoms with van der Waals surface area (Å²) in [6, 6.07) is 5.19. The molecule has 0 unspecified atom stereocenters. The van der Waals surface area contributed by atoms with Gasteiger partial charge in [-0.1, -0.05) is 18.2 Å². The van der Waals surface area contributed by atoms with E-state index in [1.165, 1.54) is 18.2 Å². The van der Waals surface area contributed by atoms with Crippen molar-refractivity contribution < 1.29 is 27.5 Å². The Hall–Kier alpha value is -2.57. The van der Waals surface area contributed by atoms with E-state index in [0.29, 0.717) is 24.2 Å². The highest BCUT2D eigenvalue weighted by molar-refractivity contribution is 6.03. The number of carbonyl (C=O) groups excluding carboxylic acids is 2. The van der Waals surface area contributed by atoms with Crippen LogP contribution in [-0.2, 0) is 20.5 Å². The molecule has 1 heterocycles. The monoisotopic (exact) mass is 419 g/mol. The number of ether oxygens (including phenoxy) is 1. The lowest BCUT2D eigenvalue weighted by molar-refractivity contribution is -0.145. The fourth-order valence-electron chi connectivity index (χ4n) is 4.79. The minimum atomic E-state index is -4.60. The van der Waals surface area contributed by atoms with Gasteiger partial charge in [0.1, 0.15) is 6.10 Å². The molecule has 0 bridgehead atoms. The molecule has 1 fully saturated rings. The summed E-state index contributed by atoms with van der Waals surface area (Å²) in [7, 11) is 0. The van der Waals surface area contributed by atoms with Crippen molar-refractivity contribution in [1.82, 2.24) is 5.32 Å². The zero-order valence-electron chi connectivity index (χ0n) is 16.8. The smallest absolute Gasteiger partial charge is 0.416 e. The zero-order valence-corrected chi connectivity index (χ0v) is 16.8. The van der Waals surface area contributed by atoms with E-state index in [0.717, 1.165) is 31.7 Å². The molecular weight excluding hydrogens is 395 g/mol. The average Bonchev–Trinajstić information content (AvgIpc) is 3.19. The number of benzene rings is 1. The number of halogens is 3. The molecule has 1 saturated carbocycles. The Morgan fingerprint density at radius 2 is 1.80 bits per heavy atom. The van der Waals surface area contributed by atoms with Crippen molar-refractivity contribution in [2.24, 2.45) is 0 Å². The normalized spacial score (nSPS) is 22.8. The van der Waals surface area contributed by atoms with E-state index in [-0.39, 0.29) is 35.0 Å². The molecule has 0 radical (unpaired) electrons. The van der Waals surface area contributed by atoms with Crippen LogP contribution in [0.15, 0.2) is 46.8 Å². The number of ketones is 1. The number of alkyl halides is 3. The van der Waals surface area contributed by atoms with Crippen molar-refractivity contribution in [3.8, 4) is 0 Å². The minimum absolute atomic E-state index is 0.0769. The summed E-state index contributed by atoms with van der Waals surface area (Å²) in [4.78, 5) is 26.0. The van der Waals surface area contributed by atoms with Crippen molar-refractivity contribution in [3.63, 3.8) is 0 Å². The fourth-order valence-corrected chi connectivity index (χ4v) is 4.79. The third-order valence-electron chi connectivity index (χ3n) is 6.15. The zero-order chi connectivity index (χ0) is 21.5. The Labute approximate surface area is 173 Å². The summed E-state index contributed by atoms with van der Waals surface area (Å²) in [5, 5.41) is 3.12. The first-order valence-corrected chi connectivity index (χ1v) is 10.4. The van der Waals surface area contributed by atoms with E-state index in [2.05, 4.69) is 5.32 Å². The van der Waals surface area contributed by atoms with Gasteiger partial charge in [0.15, 0.2) is 5.78 Å². The molecule has 4 rings (SSSR count). The van der Waals surface area contributed by atoms with E-state index in [1.54, 1.807) is 6.92 Å². The maximum Gasteiger partial charge on any atom is 0.416 e. The Morgan fingerprint density at radius 1 is 1.10 bits per heavy atom. The van der Waals surface area contributed by atoms with E-state index in [9.17, 15) is 22.8 Å². The predicted molar refractivity (Wildman–Crippen MR) is 104 cm³/mol. The quantitative estimate of drug-likeness (QED) is 0.688. The Bertz CT molecular complexity index is 939. The standard InChI is InChI=1S/C23H24F3NO3/c1-13-19(22(29)30-14-7-2-3-8-14)20(21-17(27-13)11-6-12-18(21)28)15-9-4-5-10-16(15)23(24,25)26/h4-5,9-10,14,20,27H,2-3,6-8,11-12H2,1H3/t20-/m0/s1. The van der Waals surface area contributed by atoms with Crippen LogP contribution in [-0.4, -0.2) is 17.9 Å². The number of rotatable bonds is 3. The van der Waals surface area contributed by atoms with Gasteiger partial charge in [0, 0.05) is 29.3 Å². The molecule has 7 heteroatoms. The fraction of sp³-hybridized carbons (Fsp3) is 0.478. The number of dihydropyridines is 1. The van der Waals surface area contributed by atoms with Crippen LogP contribution in [0.1, 0.15) is 68.9 Å². The third-order valence-corrected chi connectivity index (χ3v) is 6.15. The van der Waals surface area contributed by atoms with Crippen molar-refractivity contribution in [1.29, 1.82) is 0 Å². The molecule has 4 nitrogen and oxygen atoms in total. The van der Waals surface area contributed by atoms with Crippen LogP contribution in [0.2, 0.25) is 0 Å². The number of nitrogens with one attached hydrogen (secondary N) is 1. The topological polar surface area (TPSA) is 55.4 Å². The van der Waals surface area contributed by atoms with E-state index in [1.807, 2.05) is 0 Å². The molecule has 160 valence electrons. The van der Waals surface area contributed by atoms with Crippen LogP contribution >= 0.6 is 0 Å². The lowest BCUT2D eigenvalue weighted by Gasteiger charge is -2.35. The summed E-state index contributed by atoms with van der Waals surface area (Å²) in [5.74, 6) is -1.94. The summed E-state index contributed by atoms with van der Waals surface area (Å²) in [5.41, 5.74) is 0.527. The number of allylic oxidation sites excluding steroid dienone is 3. The molecule has 1 aromatic rings. The summed E-state index contributed by atoms with van der Waals surface area (Å²) in [6.07, 6.45) is 0.0498. The second-order valence-electron chi connectivity index (χ2n) is 8.16. The van der Waals surface area contributed by atoms with Gasteiger partial charge in [0.2, 0.25) is 0 Å². The third kappa shape index (κ3) is 3.77. The van der Waals surface area contributed by atoms with Gasteiger partial charge in [-0.25, -0.2) is 4.79 Å². The van der Waals surface area contributed by atoms with Gasteiger partial charge in [0.05, 0.1) is 11.1 Å². The molecule has 30 heavy (non-hydrogen) atoms. The minimum Gasteiger partial charge on any atom is -0.459 e. The number of hydrogen-bond donors (Lipinski definition) is 1. The van der Waals surface area contributed by atoms with Crippen LogP contribution < -0.4 is 5.32 Å². The van der Waals surface area contributed by atoms with Crippen LogP contribution in [0.5, 0.6) is 0 Å². The number of carbonyl (C=O) groups is 2. The van der Waals surface area contributed by atoms with Crippen molar-refractivity contribution in [3.05, 3.63) is 57.9 Å². The molecule has 1 N–H and O–H groups in total. The van der Waals surface area contributed by atoms with Crippen molar-refractivity contribution >= 4 is 11.8 Å². The molecule has 0 spiro atoms. The van der Waals surface area contributed by atoms with Crippen LogP contribution in [0.4, 0.5) is 13.2 Å². The van der Waals surface area contributed by atoms with Crippen molar-refractivity contribution in [2.75, 3.05) is 0 Å². The SMILES string of the molecule is CC1=C(C(=O)OC2CCCC2)[C@H](c2ccccc2C(F)(F)F)C2=C(CCCC2=O)N1. The van der Waals surface area contributed by atoms with Gasteiger partial charge in [-0.15, -0.1) is 0 Å². The Morgan fingerprint density at radius 3 is 2.50 bits per heavy atom. The first kappa shape index (κ1) is 20.7. The number of hydrogen-bond acceptors (Lipinski definition) is 4. The maximum absolute atomic E-state index is 13.8. The maximum atomic E-state index is 13.8. The lowest BCUT2D eigenvalue weighted by Crippen LogP contribution is -2.35. The molecule has 3 aliphatic rings. The number of esters is 1. The summed E-state index contributed by atoms with van der Waals surface area (Å²) in [6.45, 7) is 1.66. The van der Waals surface area contributed by atoms with Crippen LogP contribution in [0.3, 0.4) is 0 Å². The highest BCUT2D eigenvalue weighted by Gasteiger charge is 2.44. The highest BCUT2D eigenvalue weighted by Crippen LogP contribution is 2.46. The molecule has 1 aliphatic heterocycles. The van der Waals surface area contributed by atoms with Gasteiger partial charge < -0.3 is 10.1 Å². The predicted octanol–water partition coefficient (Wildman–Crippen LogP) is 5.16. The second-order valence-corrected chi connectivity index (χ2v) is 8.16. The Balaban J connectivity index is 1.85. The Kier molecular flexibility index (Phi) is 5.47. The molecule has 0 saturated heterocycles. The van der Waals surface area contributed by atoms with Gasteiger partial charge in [-0.2, -0.15) is 13.2 Å². The largest absolute Gasteiger partial charge is 0.459 e. The lowest BCUT2D eigenvalue weighted by atomic mass is 9.74. The average molecular weight is 419 g/mol. The molecule has 0 aromatic heterocycles. The molecule has 1 aromatic carbocycles. The first-order chi connectivity index (χ1) is 14.3. The summed E-state index contributed by atoms with van der Waals surface area (Å²) >= 11 is 0. The van der Waals surface area contributed by atoms with Gasteiger partial charge in [-0.3, -0.25) is 4.79 Å². The molecular formula is C23H24F3NO3. The molecule has 0 amide bonds. The van der Waals surface area contributed by atoms with E-state index >= 15 is 0 Å². The van der Waals surface area contributed by atoms with Gasteiger partial charge >= 0.3 is 12.1 Å². The van der Waals surface area contributed by atoms with E-state index in [4.69, 9.17) is 4.74 Å². The number of Topliss-reactive ketones (excluding diaryl/α,β-unsaturated/α-hetero) is 1. The first-order valence-electron chi connectivity index (χ1n) is 10.4. The van der Waals surface area contributed by atoms with Crippen molar-refractivity contribution in [2.45, 2.75) is 70.1 Å².